The van der Waals surface area contributed by atoms with Crippen LogP contribution in [-0.2, 0) is 11.2 Å². The SMILES string of the molecule is CCN1C(=O)N(c2cc(Cl)cc(Cl)c2)C(=O)[C@]1(C)Cc1ccc(Br)cc1. The summed E-state index contributed by atoms with van der Waals surface area (Å²) in [6, 6.07) is 12.1. The van der Waals surface area contributed by atoms with Crippen molar-refractivity contribution >= 4 is 56.8 Å². The van der Waals surface area contributed by atoms with E-state index >= 15 is 0 Å². The van der Waals surface area contributed by atoms with Crippen molar-refractivity contribution in [2.24, 2.45) is 0 Å². The van der Waals surface area contributed by atoms with Crippen LogP contribution in [-0.4, -0.2) is 28.9 Å². The van der Waals surface area contributed by atoms with Crippen molar-refractivity contribution in [1.29, 1.82) is 0 Å². The lowest BCUT2D eigenvalue weighted by atomic mass is 9.91. The van der Waals surface area contributed by atoms with Gasteiger partial charge < -0.3 is 4.90 Å². The van der Waals surface area contributed by atoms with Gasteiger partial charge in [0.15, 0.2) is 0 Å². The van der Waals surface area contributed by atoms with Crippen molar-refractivity contribution in [3.05, 3.63) is 62.5 Å². The average molecular weight is 456 g/mol. The molecule has 1 heterocycles. The summed E-state index contributed by atoms with van der Waals surface area (Å²) in [6.45, 7) is 4.08. The van der Waals surface area contributed by atoms with E-state index in [0.29, 0.717) is 28.7 Å². The number of urea groups is 1. The molecule has 1 atom stereocenters. The van der Waals surface area contributed by atoms with Gasteiger partial charge >= 0.3 is 6.03 Å². The molecule has 0 unspecified atom stereocenters. The maximum atomic E-state index is 13.3. The Bertz CT molecular complexity index is 852. The Morgan fingerprint density at radius 1 is 1.04 bits per heavy atom. The third-order valence-corrected chi connectivity index (χ3v) is 5.53. The molecule has 0 aliphatic carbocycles. The van der Waals surface area contributed by atoms with Gasteiger partial charge in [0.1, 0.15) is 5.54 Å². The molecule has 7 heteroatoms. The number of anilines is 1. The van der Waals surface area contributed by atoms with Crippen molar-refractivity contribution in [3.8, 4) is 0 Å². The molecule has 2 aromatic rings. The molecule has 0 saturated carbocycles. The van der Waals surface area contributed by atoms with Crippen LogP contribution in [0.1, 0.15) is 19.4 Å². The summed E-state index contributed by atoms with van der Waals surface area (Å²) >= 11 is 15.5. The van der Waals surface area contributed by atoms with Crippen LogP contribution in [0.2, 0.25) is 10.0 Å². The van der Waals surface area contributed by atoms with Crippen LogP contribution in [0.3, 0.4) is 0 Å². The number of hydrogen-bond donors (Lipinski definition) is 0. The standard InChI is InChI=1S/C19H17BrCl2N2O2/c1-3-23-18(26)24(16-9-14(21)8-15(22)10-16)17(25)19(23,2)11-12-4-6-13(20)7-5-12/h4-10H,3,11H2,1-2H3/t19-/m0/s1. The summed E-state index contributed by atoms with van der Waals surface area (Å²) in [7, 11) is 0. The number of carbonyl (C=O) groups excluding carboxylic acids is 2. The molecular weight excluding hydrogens is 439 g/mol. The Morgan fingerprint density at radius 2 is 1.62 bits per heavy atom. The van der Waals surface area contributed by atoms with Crippen molar-refractivity contribution in [2.45, 2.75) is 25.8 Å². The fourth-order valence-corrected chi connectivity index (χ4v) is 4.10. The molecule has 136 valence electrons. The zero-order chi connectivity index (χ0) is 19.1. The van der Waals surface area contributed by atoms with Gasteiger partial charge in [-0.3, -0.25) is 4.79 Å². The van der Waals surface area contributed by atoms with Crippen LogP contribution in [0.5, 0.6) is 0 Å². The van der Waals surface area contributed by atoms with Gasteiger partial charge in [0.25, 0.3) is 5.91 Å². The number of halogens is 3. The highest BCUT2D eigenvalue weighted by Crippen LogP contribution is 2.36. The Labute approximate surface area is 170 Å². The van der Waals surface area contributed by atoms with Crippen LogP contribution >= 0.6 is 39.1 Å². The summed E-state index contributed by atoms with van der Waals surface area (Å²) in [4.78, 5) is 29.0. The maximum Gasteiger partial charge on any atom is 0.332 e. The third kappa shape index (κ3) is 3.36. The first-order valence-electron chi connectivity index (χ1n) is 8.13. The maximum absolute atomic E-state index is 13.3. The number of benzene rings is 2. The predicted molar refractivity (Wildman–Crippen MR) is 108 cm³/mol. The number of amides is 3. The topological polar surface area (TPSA) is 40.6 Å². The molecule has 0 N–H and O–H groups in total. The van der Waals surface area contributed by atoms with E-state index in [9.17, 15) is 9.59 Å². The van der Waals surface area contributed by atoms with Crippen LogP contribution in [0, 0.1) is 0 Å². The molecule has 1 fully saturated rings. The van der Waals surface area contributed by atoms with Crippen LogP contribution in [0.25, 0.3) is 0 Å². The van der Waals surface area contributed by atoms with E-state index in [1.807, 2.05) is 31.2 Å². The average Bonchev–Trinajstić information content (AvgIpc) is 2.75. The second-order valence-electron chi connectivity index (χ2n) is 6.37. The lowest BCUT2D eigenvalue weighted by Crippen LogP contribution is -2.48. The largest absolute Gasteiger partial charge is 0.332 e. The molecule has 3 amide bonds. The number of nitrogens with zero attached hydrogens (tertiary/aromatic N) is 2. The zero-order valence-corrected chi connectivity index (χ0v) is 17.4. The first kappa shape index (κ1) is 19.2. The van der Waals surface area contributed by atoms with Gasteiger partial charge in [0, 0.05) is 27.5 Å². The molecule has 0 bridgehead atoms. The second kappa shape index (κ2) is 7.22. The van der Waals surface area contributed by atoms with E-state index in [0.717, 1.165) is 10.0 Å². The molecule has 1 aliphatic heterocycles. The van der Waals surface area contributed by atoms with Gasteiger partial charge in [-0.25, -0.2) is 9.69 Å². The van der Waals surface area contributed by atoms with E-state index in [1.54, 1.807) is 30.0 Å². The molecule has 2 aromatic carbocycles. The molecule has 0 radical (unpaired) electrons. The van der Waals surface area contributed by atoms with E-state index < -0.39 is 5.54 Å². The minimum atomic E-state index is -0.978. The molecular formula is C19H17BrCl2N2O2. The number of likely N-dealkylation sites (N-methyl/N-ethyl adjacent to an activating group) is 1. The quantitative estimate of drug-likeness (QED) is 0.567. The van der Waals surface area contributed by atoms with Gasteiger partial charge in [0.05, 0.1) is 5.69 Å². The van der Waals surface area contributed by atoms with Crippen molar-refractivity contribution in [2.75, 3.05) is 11.4 Å². The first-order chi connectivity index (χ1) is 12.3. The van der Waals surface area contributed by atoms with Crippen molar-refractivity contribution in [1.82, 2.24) is 4.90 Å². The molecule has 4 nitrogen and oxygen atoms in total. The third-order valence-electron chi connectivity index (χ3n) is 4.57. The normalized spacial score (nSPS) is 20.2. The van der Waals surface area contributed by atoms with Crippen LogP contribution < -0.4 is 4.90 Å². The van der Waals surface area contributed by atoms with E-state index in [1.165, 1.54) is 4.90 Å². The van der Waals surface area contributed by atoms with Crippen LogP contribution in [0.4, 0.5) is 10.5 Å². The van der Waals surface area contributed by atoms with Gasteiger partial charge in [-0.2, -0.15) is 0 Å². The summed E-state index contributed by atoms with van der Waals surface area (Å²) in [6.07, 6.45) is 0.420. The number of rotatable bonds is 4. The fourth-order valence-electron chi connectivity index (χ4n) is 3.33. The molecule has 26 heavy (non-hydrogen) atoms. The Hall–Kier alpha value is -1.56. The predicted octanol–water partition coefficient (Wildman–Crippen LogP) is 5.55. The molecule has 3 rings (SSSR count). The zero-order valence-electron chi connectivity index (χ0n) is 14.3. The summed E-state index contributed by atoms with van der Waals surface area (Å²) in [5, 5.41) is 0.746. The van der Waals surface area contributed by atoms with E-state index in [2.05, 4.69) is 15.9 Å². The van der Waals surface area contributed by atoms with Gasteiger partial charge in [-0.1, -0.05) is 51.3 Å². The number of hydrogen-bond acceptors (Lipinski definition) is 2. The number of carbonyl (C=O) groups is 2. The smallest absolute Gasteiger partial charge is 0.309 e. The lowest BCUT2D eigenvalue weighted by molar-refractivity contribution is -0.124. The highest BCUT2D eigenvalue weighted by atomic mass is 79.9. The molecule has 1 saturated heterocycles. The van der Waals surface area contributed by atoms with E-state index in [4.69, 9.17) is 23.2 Å². The summed E-state index contributed by atoms with van der Waals surface area (Å²) in [5.41, 5.74) is 0.380. The monoisotopic (exact) mass is 454 g/mol. The van der Waals surface area contributed by atoms with Crippen molar-refractivity contribution in [3.63, 3.8) is 0 Å². The molecule has 0 aromatic heterocycles. The van der Waals surface area contributed by atoms with Crippen LogP contribution in [0.15, 0.2) is 46.9 Å². The Morgan fingerprint density at radius 3 is 2.15 bits per heavy atom. The van der Waals surface area contributed by atoms with Gasteiger partial charge in [-0.15, -0.1) is 0 Å². The number of imide groups is 1. The minimum absolute atomic E-state index is 0.286. The molecule has 0 spiro atoms. The van der Waals surface area contributed by atoms with E-state index in [-0.39, 0.29) is 11.9 Å². The highest BCUT2D eigenvalue weighted by molar-refractivity contribution is 9.10. The lowest BCUT2D eigenvalue weighted by Gasteiger charge is -2.30. The van der Waals surface area contributed by atoms with Crippen molar-refractivity contribution < 1.29 is 9.59 Å². The van der Waals surface area contributed by atoms with Gasteiger partial charge in [-0.05, 0) is 49.7 Å². The minimum Gasteiger partial charge on any atom is -0.309 e. The summed E-state index contributed by atoms with van der Waals surface area (Å²) < 4.78 is 0.961. The Kier molecular flexibility index (Phi) is 5.33. The highest BCUT2D eigenvalue weighted by Gasteiger charge is 2.54. The van der Waals surface area contributed by atoms with Gasteiger partial charge in [0.2, 0.25) is 0 Å². The molecule has 1 aliphatic rings. The fraction of sp³-hybridized carbons (Fsp3) is 0.263. The first-order valence-corrected chi connectivity index (χ1v) is 9.68. The second-order valence-corrected chi connectivity index (χ2v) is 8.16. The summed E-state index contributed by atoms with van der Waals surface area (Å²) in [5.74, 6) is -0.286. The Balaban J connectivity index is 2.01.